The Morgan fingerprint density at radius 1 is 1.20 bits per heavy atom. The van der Waals surface area contributed by atoms with Gasteiger partial charge in [0.1, 0.15) is 5.82 Å². The van der Waals surface area contributed by atoms with Crippen LogP contribution in [-0.2, 0) is 5.41 Å². The molecule has 0 fully saturated rings. The summed E-state index contributed by atoms with van der Waals surface area (Å²) in [4.78, 5) is 0. The van der Waals surface area contributed by atoms with E-state index in [9.17, 15) is 4.39 Å². The topological polar surface area (TPSA) is 38.0 Å². The highest BCUT2D eigenvalue weighted by Gasteiger charge is 2.20. The number of nitrogens with one attached hydrogen (secondary N) is 1. The Bertz CT molecular complexity index is 611. The van der Waals surface area contributed by atoms with Crippen molar-refractivity contribution in [3.8, 4) is 0 Å². The molecule has 0 radical (unpaired) electrons. The minimum absolute atomic E-state index is 0.0678. The molecule has 0 atom stereocenters. The van der Waals surface area contributed by atoms with Gasteiger partial charge in [0.15, 0.2) is 0 Å². The molecule has 0 saturated carbocycles. The van der Waals surface area contributed by atoms with E-state index in [1.807, 2.05) is 12.1 Å². The molecule has 2 aromatic rings. The molecule has 2 nitrogen and oxygen atoms in total. The zero-order valence-corrected chi connectivity index (χ0v) is 13.2. The average Bonchev–Trinajstić information content (AvgIpc) is 2.40. The predicted octanol–water partition coefficient (Wildman–Crippen LogP) is 4.56. The quantitative estimate of drug-likeness (QED) is 0.803. The number of anilines is 2. The van der Waals surface area contributed by atoms with Crippen LogP contribution in [0.3, 0.4) is 0 Å². The molecule has 0 bridgehead atoms. The van der Waals surface area contributed by atoms with Gasteiger partial charge in [0.05, 0.1) is 5.69 Å². The van der Waals surface area contributed by atoms with Gasteiger partial charge in [-0.2, -0.15) is 0 Å². The van der Waals surface area contributed by atoms with Gasteiger partial charge in [0.25, 0.3) is 0 Å². The van der Waals surface area contributed by atoms with Gasteiger partial charge >= 0.3 is 0 Å². The highest BCUT2D eigenvalue weighted by molar-refractivity contribution is 9.10. The van der Waals surface area contributed by atoms with E-state index in [0.29, 0.717) is 6.54 Å². The lowest BCUT2D eigenvalue weighted by molar-refractivity contribution is 0.556. The average molecular weight is 337 g/mol. The summed E-state index contributed by atoms with van der Waals surface area (Å²) >= 11 is 3.48. The number of benzene rings is 2. The second kappa shape index (κ2) is 5.83. The Morgan fingerprint density at radius 3 is 2.60 bits per heavy atom. The van der Waals surface area contributed by atoms with E-state index >= 15 is 0 Å². The van der Waals surface area contributed by atoms with Crippen molar-refractivity contribution in [3.05, 3.63) is 58.3 Å². The molecule has 0 unspecified atom stereocenters. The molecule has 106 valence electrons. The highest BCUT2D eigenvalue weighted by Crippen LogP contribution is 2.26. The molecule has 4 heteroatoms. The van der Waals surface area contributed by atoms with Crippen molar-refractivity contribution < 1.29 is 4.39 Å². The SMILES string of the molecule is CC(C)(CNc1ccc(N)c(F)c1)c1cccc(Br)c1. The maximum Gasteiger partial charge on any atom is 0.148 e. The first kappa shape index (κ1) is 14.9. The maximum atomic E-state index is 13.4. The third kappa shape index (κ3) is 3.51. The zero-order valence-electron chi connectivity index (χ0n) is 11.6. The summed E-state index contributed by atoms with van der Waals surface area (Å²) < 4.78 is 14.5. The van der Waals surface area contributed by atoms with Crippen LogP contribution in [0.25, 0.3) is 0 Å². The summed E-state index contributed by atoms with van der Waals surface area (Å²) in [5.74, 6) is -0.393. The monoisotopic (exact) mass is 336 g/mol. The molecule has 0 aliphatic carbocycles. The van der Waals surface area contributed by atoms with Gasteiger partial charge in [-0.05, 0) is 35.9 Å². The van der Waals surface area contributed by atoms with E-state index in [1.165, 1.54) is 11.6 Å². The van der Waals surface area contributed by atoms with Crippen LogP contribution < -0.4 is 11.1 Å². The molecule has 0 aliphatic heterocycles. The summed E-state index contributed by atoms with van der Waals surface area (Å²) in [5, 5.41) is 3.26. The number of hydrogen-bond acceptors (Lipinski definition) is 2. The molecule has 3 N–H and O–H groups in total. The second-order valence-corrected chi connectivity index (χ2v) is 6.40. The Kier molecular flexibility index (Phi) is 4.33. The van der Waals surface area contributed by atoms with E-state index in [-0.39, 0.29) is 11.1 Å². The van der Waals surface area contributed by atoms with Crippen LogP contribution in [-0.4, -0.2) is 6.54 Å². The third-order valence-electron chi connectivity index (χ3n) is 3.34. The largest absolute Gasteiger partial charge is 0.396 e. The van der Waals surface area contributed by atoms with Gasteiger partial charge in [-0.3, -0.25) is 0 Å². The Hall–Kier alpha value is -1.55. The first-order valence-corrected chi connectivity index (χ1v) is 7.23. The fourth-order valence-corrected chi connectivity index (χ4v) is 2.37. The van der Waals surface area contributed by atoms with E-state index < -0.39 is 5.82 Å². The van der Waals surface area contributed by atoms with E-state index in [4.69, 9.17) is 5.73 Å². The van der Waals surface area contributed by atoms with Gasteiger partial charge in [-0.25, -0.2) is 4.39 Å². The summed E-state index contributed by atoms with van der Waals surface area (Å²) in [6.45, 7) is 5.00. The first-order chi connectivity index (χ1) is 9.38. The molecular formula is C16H18BrFN2. The van der Waals surface area contributed by atoms with Crippen LogP contribution in [0.1, 0.15) is 19.4 Å². The molecule has 0 amide bonds. The van der Waals surface area contributed by atoms with Crippen molar-refractivity contribution >= 4 is 27.3 Å². The lowest BCUT2D eigenvalue weighted by Crippen LogP contribution is -2.27. The number of hydrogen-bond donors (Lipinski definition) is 2. The summed E-state index contributed by atoms with van der Waals surface area (Å²) in [6, 6.07) is 13.0. The third-order valence-corrected chi connectivity index (χ3v) is 3.83. The second-order valence-electron chi connectivity index (χ2n) is 5.48. The number of nitrogen functional groups attached to an aromatic ring is 1. The Balaban J connectivity index is 2.10. The van der Waals surface area contributed by atoms with Crippen molar-refractivity contribution in [3.63, 3.8) is 0 Å². The summed E-state index contributed by atoms with van der Waals surface area (Å²) in [6.07, 6.45) is 0. The Labute approximate surface area is 127 Å². The van der Waals surface area contributed by atoms with Crippen molar-refractivity contribution in [2.24, 2.45) is 0 Å². The van der Waals surface area contributed by atoms with Gasteiger partial charge < -0.3 is 11.1 Å². The van der Waals surface area contributed by atoms with Gasteiger partial charge in [0, 0.05) is 22.1 Å². The number of nitrogens with two attached hydrogens (primary N) is 1. The zero-order chi connectivity index (χ0) is 14.8. The summed E-state index contributed by atoms with van der Waals surface area (Å²) in [7, 11) is 0. The molecule has 2 rings (SSSR count). The Morgan fingerprint density at radius 2 is 1.95 bits per heavy atom. The van der Waals surface area contributed by atoms with Crippen molar-refractivity contribution in [1.82, 2.24) is 0 Å². The molecule has 0 heterocycles. The maximum absolute atomic E-state index is 13.4. The standard InChI is InChI=1S/C16H18BrFN2/c1-16(2,11-4-3-5-12(17)8-11)10-20-13-6-7-15(19)14(18)9-13/h3-9,20H,10,19H2,1-2H3. The first-order valence-electron chi connectivity index (χ1n) is 6.43. The van der Waals surface area contributed by atoms with E-state index in [1.54, 1.807) is 12.1 Å². The van der Waals surface area contributed by atoms with Crippen LogP contribution in [0.15, 0.2) is 46.9 Å². The molecule has 2 aromatic carbocycles. The minimum atomic E-state index is -0.393. The molecular weight excluding hydrogens is 319 g/mol. The van der Waals surface area contributed by atoms with E-state index in [0.717, 1.165) is 10.2 Å². The fourth-order valence-electron chi connectivity index (χ4n) is 1.97. The van der Waals surface area contributed by atoms with Crippen molar-refractivity contribution in [2.45, 2.75) is 19.3 Å². The number of halogens is 2. The van der Waals surface area contributed by atoms with Gasteiger partial charge in [-0.1, -0.05) is 41.9 Å². The highest BCUT2D eigenvalue weighted by atomic mass is 79.9. The molecule has 0 aliphatic rings. The molecule has 0 spiro atoms. The predicted molar refractivity (Wildman–Crippen MR) is 86.5 cm³/mol. The molecule has 20 heavy (non-hydrogen) atoms. The van der Waals surface area contributed by atoms with E-state index in [2.05, 4.69) is 47.2 Å². The van der Waals surface area contributed by atoms with Crippen LogP contribution in [0.4, 0.5) is 15.8 Å². The lowest BCUT2D eigenvalue weighted by Gasteiger charge is -2.26. The van der Waals surface area contributed by atoms with Gasteiger partial charge in [-0.15, -0.1) is 0 Å². The van der Waals surface area contributed by atoms with Gasteiger partial charge in [0.2, 0.25) is 0 Å². The number of rotatable bonds is 4. The fraction of sp³-hybridized carbons (Fsp3) is 0.250. The lowest BCUT2D eigenvalue weighted by atomic mass is 9.84. The van der Waals surface area contributed by atoms with Crippen LogP contribution in [0.5, 0.6) is 0 Å². The normalized spacial score (nSPS) is 11.4. The molecule has 0 saturated heterocycles. The van der Waals surface area contributed by atoms with Crippen LogP contribution in [0.2, 0.25) is 0 Å². The smallest absolute Gasteiger partial charge is 0.148 e. The van der Waals surface area contributed by atoms with Crippen molar-refractivity contribution in [2.75, 3.05) is 17.6 Å². The van der Waals surface area contributed by atoms with Crippen molar-refractivity contribution in [1.29, 1.82) is 0 Å². The van der Waals surface area contributed by atoms with Crippen LogP contribution >= 0.6 is 15.9 Å². The summed E-state index contributed by atoms with van der Waals surface area (Å²) in [5.41, 5.74) is 7.52. The molecule has 0 aromatic heterocycles. The minimum Gasteiger partial charge on any atom is -0.396 e. The van der Waals surface area contributed by atoms with Crippen LogP contribution in [0, 0.1) is 5.82 Å².